The number of rotatable bonds is 19. The number of aliphatic hydroxyl groups excluding tert-OH is 3. The fourth-order valence-corrected chi connectivity index (χ4v) is 3.84. The fourth-order valence-electron chi connectivity index (χ4n) is 3.84. The average molecular weight is 415 g/mol. The van der Waals surface area contributed by atoms with E-state index in [0.717, 1.165) is 12.8 Å². The van der Waals surface area contributed by atoms with E-state index in [4.69, 9.17) is 14.6 Å². The van der Waals surface area contributed by atoms with E-state index >= 15 is 0 Å². The van der Waals surface area contributed by atoms with Gasteiger partial charge in [-0.1, -0.05) is 83.3 Å². The first-order valence-electron chi connectivity index (χ1n) is 12.1. The van der Waals surface area contributed by atoms with Crippen molar-refractivity contribution in [3.8, 4) is 0 Å². The predicted molar refractivity (Wildman–Crippen MR) is 118 cm³/mol. The molecular weight excluding hydrogens is 368 g/mol. The Bertz CT molecular complexity index is 387. The molecule has 3 N–H and O–H groups in total. The van der Waals surface area contributed by atoms with Crippen LogP contribution < -0.4 is 0 Å². The van der Waals surface area contributed by atoms with Crippen molar-refractivity contribution in [2.45, 2.75) is 121 Å². The lowest BCUT2D eigenvalue weighted by molar-refractivity contribution is -0.0938. The molecule has 1 rings (SSSR count). The van der Waals surface area contributed by atoms with Gasteiger partial charge in [0, 0.05) is 6.61 Å². The zero-order valence-electron chi connectivity index (χ0n) is 18.6. The molecule has 0 saturated carbocycles. The smallest absolute Gasteiger partial charge is 0.114 e. The summed E-state index contributed by atoms with van der Waals surface area (Å²) in [5.41, 5.74) is 0. The van der Waals surface area contributed by atoms with Crippen molar-refractivity contribution in [2.75, 3.05) is 19.8 Å². The van der Waals surface area contributed by atoms with Crippen molar-refractivity contribution < 1.29 is 24.8 Å². The van der Waals surface area contributed by atoms with E-state index in [1.165, 1.54) is 77.0 Å². The lowest BCUT2D eigenvalue weighted by Gasteiger charge is -2.23. The summed E-state index contributed by atoms with van der Waals surface area (Å²) in [6.45, 7) is 2.56. The topological polar surface area (TPSA) is 79.2 Å². The molecule has 0 amide bonds. The molecule has 0 aromatic heterocycles. The molecule has 0 spiro atoms. The van der Waals surface area contributed by atoms with Gasteiger partial charge >= 0.3 is 0 Å². The third kappa shape index (κ3) is 12.7. The van der Waals surface area contributed by atoms with Gasteiger partial charge in [0.15, 0.2) is 0 Å². The SMILES string of the molecule is CCC/C=C/CCCCCCCCCCCCCO[C@H]1[C@@H]([C@H](O)CO)OC[C@@H]1O. The minimum atomic E-state index is -1.00. The molecule has 0 unspecified atom stereocenters. The minimum absolute atomic E-state index is 0.155. The normalized spacial score (nSPS) is 23.2. The second kappa shape index (κ2) is 18.3. The molecule has 5 heteroatoms. The van der Waals surface area contributed by atoms with Crippen LogP contribution in [-0.4, -0.2) is 59.6 Å². The maximum absolute atomic E-state index is 9.89. The van der Waals surface area contributed by atoms with Crippen LogP contribution in [-0.2, 0) is 9.47 Å². The predicted octanol–water partition coefficient (Wildman–Crippen LogP) is 4.52. The monoisotopic (exact) mass is 414 g/mol. The van der Waals surface area contributed by atoms with Gasteiger partial charge in [0.05, 0.1) is 13.2 Å². The minimum Gasteiger partial charge on any atom is -0.394 e. The zero-order valence-corrected chi connectivity index (χ0v) is 18.6. The lowest BCUT2D eigenvalue weighted by atomic mass is 10.0. The van der Waals surface area contributed by atoms with Crippen LogP contribution in [0.2, 0.25) is 0 Å². The number of allylic oxidation sites excluding steroid dienone is 2. The van der Waals surface area contributed by atoms with Crippen LogP contribution >= 0.6 is 0 Å². The van der Waals surface area contributed by atoms with E-state index in [0.29, 0.717) is 6.61 Å². The van der Waals surface area contributed by atoms with E-state index < -0.39 is 24.4 Å². The van der Waals surface area contributed by atoms with Crippen molar-refractivity contribution in [3.63, 3.8) is 0 Å². The highest BCUT2D eigenvalue weighted by Gasteiger charge is 2.40. The maximum atomic E-state index is 9.89. The molecule has 1 heterocycles. The van der Waals surface area contributed by atoms with Crippen molar-refractivity contribution in [2.24, 2.45) is 0 Å². The van der Waals surface area contributed by atoms with E-state index in [1.54, 1.807) is 0 Å². The first kappa shape index (κ1) is 26.6. The summed E-state index contributed by atoms with van der Waals surface area (Å²) >= 11 is 0. The average Bonchev–Trinajstić information content (AvgIpc) is 3.10. The largest absolute Gasteiger partial charge is 0.394 e. The van der Waals surface area contributed by atoms with Crippen LogP contribution in [0, 0.1) is 0 Å². The maximum Gasteiger partial charge on any atom is 0.114 e. The van der Waals surface area contributed by atoms with E-state index in [-0.39, 0.29) is 13.2 Å². The molecule has 0 aromatic rings. The molecule has 4 atom stereocenters. The molecule has 0 aromatic carbocycles. The highest BCUT2D eigenvalue weighted by Crippen LogP contribution is 2.21. The van der Waals surface area contributed by atoms with E-state index in [1.807, 2.05) is 0 Å². The second-order valence-corrected chi connectivity index (χ2v) is 8.39. The quantitative estimate of drug-likeness (QED) is 0.214. The third-order valence-electron chi connectivity index (χ3n) is 5.68. The second-order valence-electron chi connectivity index (χ2n) is 8.39. The van der Waals surface area contributed by atoms with Gasteiger partial charge in [-0.3, -0.25) is 0 Å². The standard InChI is InChI=1S/C24H46O5/c1-2-3-4-5-6-7-8-9-10-11-12-13-14-15-16-17-18-28-24-22(27)20-29-23(24)21(26)19-25/h4-5,21-27H,2-3,6-20H2,1H3/b5-4+/t21-,22+,23-,24-/m1/s1. The van der Waals surface area contributed by atoms with Gasteiger partial charge in [-0.15, -0.1) is 0 Å². The van der Waals surface area contributed by atoms with Crippen LogP contribution in [0.25, 0.3) is 0 Å². The molecule has 1 fully saturated rings. The molecule has 172 valence electrons. The number of unbranched alkanes of at least 4 members (excludes halogenated alkanes) is 12. The lowest BCUT2D eigenvalue weighted by Crippen LogP contribution is -2.42. The van der Waals surface area contributed by atoms with Crippen molar-refractivity contribution in [1.82, 2.24) is 0 Å². The highest BCUT2D eigenvalue weighted by molar-refractivity contribution is 4.89. The molecule has 1 saturated heterocycles. The first-order chi connectivity index (χ1) is 14.2. The molecule has 0 aliphatic carbocycles. The Morgan fingerprint density at radius 3 is 2.03 bits per heavy atom. The van der Waals surface area contributed by atoms with Crippen LogP contribution in [0.1, 0.15) is 96.8 Å². The number of ether oxygens (including phenoxy) is 2. The Balaban J connectivity index is 1.84. The van der Waals surface area contributed by atoms with Crippen LogP contribution in [0.3, 0.4) is 0 Å². The molecule has 0 radical (unpaired) electrons. The van der Waals surface area contributed by atoms with Crippen molar-refractivity contribution in [3.05, 3.63) is 12.2 Å². The van der Waals surface area contributed by atoms with Crippen LogP contribution in [0.5, 0.6) is 0 Å². The summed E-state index contributed by atoms with van der Waals surface area (Å²) in [5, 5.41) is 28.7. The van der Waals surface area contributed by atoms with Crippen molar-refractivity contribution in [1.29, 1.82) is 0 Å². The highest BCUT2D eigenvalue weighted by atomic mass is 16.6. The molecular formula is C24H46O5. The number of aliphatic hydroxyl groups is 3. The Labute approximate surface area is 178 Å². The van der Waals surface area contributed by atoms with Gasteiger partial charge in [-0.05, 0) is 25.7 Å². The summed E-state index contributed by atoms with van der Waals surface area (Å²) in [4.78, 5) is 0. The zero-order chi connectivity index (χ0) is 21.2. The summed E-state index contributed by atoms with van der Waals surface area (Å²) < 4.78 is 11.0. The Morgan fingerprint density at radius 1 is 0.897 bits per heavy atom. The summed E-state index contributed by atoms with van der Waals surface area (Å²) in [7, 11) is 0. The Morgan fingerprint density at radius 2 is 1.45 bits per heavy atom. The Kier molecular flexibility index (Phi) is 16.8. The van der Waals surface area contributed by atoms with Crippen LogP contribution in [0.15, 0.2) is 12.2 Å². The molecule has 0 bridgehead atoms. The van der Waals surface area contributed by atoms with Gasteiger partial charge in [0.25, 0.3) is 0 Å². The molecule has 1 aliphatic heterocycles. The fraction of sp³-hybridized carbons (Fsp3) is 0.917. The van der Waals surface area contributed by atoms with Gasteiger partial charge in [0.2, 0.25) is 0 Å². The van der Waals surface area contributed by atoms with Gasteiger partial charge in [-0.25, -0.2) is 0 Å². The third-order valence-corrected chi connectivity index (χ3v) is 5.68. The number of hydrogen-bond donors (Lipinski definition) is 3. The molecule has 5 nitrogen and oxygen atoms in total. The van der Waals surface area contributed by atoms with E-state index in [2.05, 4.69) is 19.1 Å². The van der Waals surface area contributed by atoms with E-state index in [9.17, 15) is 10.2 Å². The first-order valence-corrected chi connectivity index (χ1v) is 12.1. The molecule has 29 heavy (non-hydrogen) atoms. The van der Waals surface area contributed by atoms with Gasteiger partial charge in [0.1, 0.15) is 24.4 Å². The Hall–Kier alpha value is -0.460. The van der Waals surface area contributed by atoms with Crippen LogP contribution in [0.4, 0.5) is 0 Å². The summed E-state index contributed by atoms with van der Waals surface area (Å²) in [6.07, 6.45) is 19.6. The molecule has 1 aliphatic rings. The van der Waals surface area contributed by atoms with Crippen molar-refractivity contribution >= 4 is 0 Å². The van der Waals surface area contributed by atoms with Gasteiger partial charge in [-0.2, -0.15) is 0 Å². The number of hydrogen-bond acceptors (Lipinski definition) is 5. The summed E-state index contributed by atoms with van der Waals surface area (Å²) in [5.74, 6) is 0. The van der Waals surface area contributed by atoms with Gasteiger partial charge < -0.3 is 24.8 Å². The summed E-state index contributed by atoms with van der Waals surface area (Å²) in [6, 6.07) is 0.